The maximum atomic E-state index is 5.09. The van der Waals surface area contributed by atoms with Gasteiger partial charge >= 0.3 is 0 Å². The molecule has 0 aromatic carbocycles. The molecule has 2 rings (SSSR count). The normalized spacial score (nSPS) is 17.6. The fraction of sp³-hybridized carbons (Fsp3) is 0.778. The van der Waals surface area contributed by atoms with Gasteiger partial charge in [0.25, 0.3) is 0 Å². The minimum Gasteiger partial charge on any atom is -0.341 e. The molecule has 0 bridgehead atoms. The maximum absolute atomic E-state index is 5.09. The third-order valence-electron chi connectivity index (χ3n) is 3.04. The average molecular weight is 212 g/mol. The lowest BCUT2D eigenvalue weighted by atomic mass is 10.2. The van der Waals surface area contributed by atoms with Gasteiger partial charge in [0.1, 0.15) is 0 Å². The fourth-order valence-electron chi connectivity index (χ4n) is 2.11. The van der Waals surface area contributed by atoms with E-state index < -0.39 is 0 Å². The van der Waals surface area contributed by atoms with Crippen LogP contribution in [0.1, 0.15) is 25.7 Å². The van der Waals surface area contributed by atoms with Crippen LogP contribution < -0.4 is 4.90 Å². The second kappa shape index (κ2) is 3.73. The van der Waals surface area contributed by atoms with Crippen LogP contribution in [0.15, 0.2) is 0 Å². The van der Waals surface area contributed by atoms with Crippen molar-refractivity contribution in [2.45, 2.75) is 31.7 Å². The number of nitrogens with zero attached hydrogens (tertiary/aromatic N) is 3. The third-order valence-corrected chi connectivity index (χ3v) is 3.41. The van der Waals surface area contributed by atoms with Crippen molar-refractivity contribution in [1.29, 1.82) is 0 Å². The van der Waals surface area contributed by atoms with E-state index >= 15 is 0 Å². The predicted molar refractivity (Wildman–Crippen MR) is 59.1 cm³/mol. The number of aromatic amines is 1. The van der Waals surface area contributed by atoms with Crippen LogP contribution in [0.3, 0.4) is 0 Å². The van der Waals surface area contributed by atoms with Crippen molar-refractivity contribution in [3.63, 3.8) is 0 Å². The molecule has 78 valence electrons. The second-order valence-electron chi connectivity index (χ2n) is 3.94. The first kappa shape index (κ1) is 9.71. The summed E-state index contributed by atoms with van der Waals surface area (Å²) in [7, 11) is 4.05. The molecule has 14 heavy (non-hydrogen) atoms. The first-order valence-electron chi connectivity index (χ1n) is 5.04. The van der Waals surface area contributed by atoms with Crippen LogP contribution in [0.4, 0.5) is 5.95 Å². The van der Waals surface area contributed by atoms with Crippen molar-refractivity contribution >= 4 is 18.2 Å². The van der Waals surface area contributed by atoms with Gasteiger partial charge in [-0.2, -0.15) is 0 Å². The lowest BCUT2D eigenvalue weighted by Gasteiger charge is -2.24. The quantitative estimate of drug-likeness (QED) is 0.760. The van der Waals surface area contributed by atoms with Gasteiger partial charge in [0.2, 0.25) is 5.95 Å². The zero-order valence-electron chi connectivity index (χ0n) is 8.66. The van der Waals surface area contributed by atoms with Gasteiger partial charge in [0, 0.05) is 20.1 Å². The van der Waals surface area contributed by atoms with E-state index in [1.54, 1.807) is 0 Å². The monoisotopic (exact) mass is 212 g/mol. The molecule has 1 fully saturated rings. The molecular weight excluding hydrogens is 196 g/mol. The summed E-state index contributed by atoms with van der Waals surface area (Å²) >= 11 is 5.09. The summed E-state index contributed by atoms with van der Waals surface area (Å²) in [5, 5.41) is 7.05. The van der Waals surface area contributed by atoms with E-state index in [2.05, 4.69) is 22.1 Å². The highest BCUT2D eigenvalue weighted by Crippen LogP contribution is 2.25. The van der Waals surface area contributed by atoms with Crippen molar-refractivity contribution in [1.82, 2.24) is 14.8 Å². The Bertz CT molecular complexity index is 361. The number of hydrogen-bond acceptors (Lipinski definition) is 3. The van der Waals surface area contributed by atoms with Gasteiger partial charge in [-0.3, -0.25) is 4.57 Å². The summed E-state index contributed by atoms with van der Waals surface area (Å²) in [4.78, 5) is 2.24. The van der Waals surface area contributed by atoms with Crippen molar-refractivity contribution in [2.75, 3.05) is 11.9 Å². The lowest BCUT2D eigenvalue weighted by molar-refractivity contribution is 0.626. The highest BCUT2D eigenvalue weighted by molar-refractivity contribution is 7.71. The molecule has 0 amide bonds. The smallest absolute Gasteiger partial charge is 0.225 e. The summed E-state index contributed by atoms with van der Waals surface area (Å²) in [5.41, 5.74) is 0. The molecule has 0 saturated heterocycles. The minimum absolute atomic E-state index is 0.638. The Morgan fingerprint density at radius 2 is 2.14 bits per heavy atom. The predicted octanol–water partition coefficient (Wildman–Crippen LogP) is 1.86. The molecular formula is C9H16N4S. The van der Waals surface area contributed by atoms with E-state index in [9.17, 15) is 0 Å². The second-order valence-corrected chi connectivity index (χ2v) is 4.32. The van der Waals surface area contributed by atoms with Crippen molar-refractivity contribution < 1.29 is 0 Å². The Morgan fingerprint density at radius 1 is 1.50 bits per heavy atom. The van der Waals surface area contributed by atoms with Gasteiger partial charge in [-0.1, -0.05) is 12.8 Å². The highest BCUT2D eigenvalue weighted by Gasteiger charge is 2.22. The molecule has 5 heteroatoms. The Labute approximate surface area is 88.9 Å². The van der Waals surface area contributed by atoms with Crippen LogP contribution in [0, 0.1) is 4.77 Å². The molecule has 0 spiro atoms. The molecule has 1 aromatic rings. The van der Waals surface area contributed by atoms with Gasteiger partial charge in [0.15, 0.2) is 4.77 Å². The summed E-state index contributed by atoms with van der Waals surface area (Å²) in [6.07, 6.45) is 5.22. The minimum atomic E-state index is 0.638. The Balaban J connectivity index is 2.21. The van der Waals surface area contributed by atoms with Gasteiger partial charge < -0.3 is 4.90 Å². The number of anilines is 1. The third kappa shape index (κ3) is 1.56. The number of H-pyrrole nitrogens is 1. The summed E-state index contributed by atoms with van der Waals surface area (Å²) in [6, 6.07) is 0.638. The summed E-state index contributed by atoms with van der Waals surface area (Å²) in [6.45, 7) is 0. The molecule has 4 nitrogen and oxygen atoms in total. The van der Waals surface area contributed by atoms with Gasteiger partial charge in [-0.15, -0.1) is 5.10 Å². The van der Waals surface area contributed by atoms with E-state index in [1.165, 1.54) is 25.7 Å². The molecule has 1 saturated carbocycles. The first-order chi connectivity index (χ1) is 6.70. The van der Waals surface area contributed by atoms with E-state index in [-0.39, 0.29) is 0 Å². The molecule has 1 aliphatic carbocycles. The Kier molecular flexibility index (Phi) is 2.58. The van der Waals surface area contributed by atoms with Crippen LogP contribution in [0.5, 0.6) is 0 Å². The molecule has 0 radical (unpaired) electrons. The Morgan fingerprint density at radius 3 is 2.64 bits per heavy atom. The lowest BCUT2D eigenvalue weighted by Crippen LogP contribution is -2.31. The van der Waals surface area contributed by atoms with Crippen molar-refractivity contribution in [3.05, 3.63) is 4.77 Å². The SMILES string of the molecule is CN(c1n[nH]c(=S)n1C)C1CCCC1. The highest BCUT2D eigenvalue weighted by atomic mass is 32.1. The molecule has 1 N–H and O–H groups in total. The number of nitrogens with one attached hydrogen (secondary N) is 1. The molecule has 1 aliphatic rings. The number of aromatic nitrogens is 3. The zero-order chi connectivity index (χ0) is 10.1. The van der Waals surface area contributed by atoms with E-state index in [1.807, 2.05) is 11.6 Å². The van der Waals surface area contributed by atoms with Crippen molar-refractivity contribution in [2.24, 2.45) is 7.05 Å². The maximum Gasteiger partial charge on any atom is 0.225 e. The van der Waals surface area contributed by atoms with Crippen LogP contribution in [-0.2, 0) is 7.05 Å². The van der Waals surface area contributed by atoms with E-state index in [4.69, 9.17) is 12.2 Å². The van der Waals surface area contributed by atoms with Crippen LogP contribution in [-0.4, -0.2) is 27.9 Å². The van der Waals surface area contributed by atoms with Gasteiger partial charge in [-0.05, 0) is 25.1 Å². The number of rotatable bonds is 2. The van der Waals surface area contributed by atoms with Crippen molar-refractivity contribution in [3.8, 4) is 0 Å². The van der Waals surface area contributed by atoms with Gasteiger partial charge in [-0.25, -0.2) is 5.10 Å². The van der Waals surface area contributed by atoms with Crippen LogP contribution in [0.2, 0.25) is 0 Å². The summed E-state index contributed by atoms with van der Waals surface area (Å²) in [5.74, 6) is 0.946. The molecule has 1 heterocycles. The number of hydrogen-bond donors (Lipinski definition) is 1. The molecule has 0 atom stereocenters. The average Bonchev–Trinajstić information content (AvgIpc) is 2.77. The fourth-order valence-corrected chi connectivity index (χ4v) is 2.24. The van der Waals surface area contributed by atoms with E-state index in [0.717, 1.165) is 5.95 Å². The van der Waals surface area contributed by atoms with Crippen LogP contribution in [0.25, 0.3) is 0 Å². The van der Waals surface area contributed by atoms with Crippen LogP contribution >= 0.6 is 12.2 Å². The standard InChI is InChI=1S/C9H16N4S/c1-12(7-5-3-4-6-7)8-10-11-9(14)13(8)2/h7H,3-6H2,1-2H3,(H,11,14). The molecule has 0 unspecified atom stereocenters. The summed E-state index contributed by atoms with van der Waals surface area (Å²) < 4.78 is 2.61. The van der Waals surface area contributed by atoms with Gasteiger partial charge in [0.05, 0.1) is 0 Å². The largest absolute Gasteiger partial charge is 0.341 e. The van der Waals surface area contributed by atoms with E-state index in [0.29, 0.717) is 10.8 Å². The zero-order valence-corrected chi connectivity index (χ0v) is 9.47. The first-order valence-corrected chi connectivity index (χ1v) is 5.45. The topological polar surface area (TPSA) is 36.9 Å². The Hall–Kier alpha value is -0.840. The molecule has 0 aliphatic heterocycles. The molecule has 1 aromatic heterocycles.